The predicted octanol–water partition coefficient (Wildman–Crippen LogP) is 3.13. The molecule has 2 aliphatic heterocycles. The van der Waals surface area contributed by atoms with Gasteiger partial charge in [0.05, 0.1) is 5.69 Å². The molecular weight excluding hydrogens is 239 g/mol. The highest BCUT2D eigenvalue weighted by molar-refractivity contribution is 6.30. The van der Waals surface area contributed by atoms with Gasteiger partial charge in [-0.15, -0.1) is 0 Å². The third-order valence-electron chi connectivity index (χ3n) is 3.88. The number of hydrogen-bond acceptors (Lipinski definition) is 2. The van der Waals surface area contributed by atoms with Crippen molar-refractivity contribution < 1.29 is 4.39 Å². The standard InChI is InChI=1S/C13H16ClFN2/c14-9-3-4-10(15)12(8-9)16-11-5-7-17-6-1-2-13(11)17/h3-4,8,11,13,16H,1-2,5-7H2. The predicted molar refractivity (Wildman–Crippen MR) is 68.0 cm³/mol. The Bertz CT molecular complexity index is 424. The van der Waals surface area contributed by atoms with E-state index in [1.165, 1.54) is 25.5 Å². The van der Waals surface area contributed by atoms with E-state index in [1.54, 1.807) is 12.1 Å². The molecule has 2 fully saturated rings. The lowest BCUT2D eigenvalue weighted by molar-refractivity contribution is 0.318. The summed E-state index contributed by atoms with van der Waals surface area (Å²) in [5.41, 5.74) is 0.538. The number of fused-ring (bicyclic) bond motifs is 1. The Labute approximate surface area is 106 Å². The van der Waals surface area contributed by atoms with E-state index >= 15 is 0 Å². The van der Waals surface area contributed by atoms with E-state index in [4.69, 9.17) is 11.6 Å². The van der Waals surface area contributed by atoms with Crippen LogP contribution >= 0.6 is 11.6 Å². The summed E-state index contributed by atoms with van der Waals surface area (Å²) in [6, 6.07) is 5.62. The van der Waals surface area contributed by atoms with E-state index in [0.29, 0.717) is 22.8 Å². The molecular formula is C13H16ClFN2. The molecule has 4 heteroatoms. The van der Waals surface area contributed by atoms with Crippen LogP contribution in [0.1, 0.15) is 19.3 Å². The van der Waals surface area contributed by atoms with Gasteiger partial charge >= 0.3 is 0 Å². The molecule has 2 nitrogen and oxygen atoms in total. The van der Waals surface area contributed by atoms with Crippen LogP contribution in [0, 0.1) is 5.82 Å². The molecule has 1 aromatic rings. The number of nitrogens with zero attached hydrogens (tertiary/aromatic N) is 1. The Balaban J connectivity index is 1.76. The van der Waals surface area contributed by atoms with Gasteiger partial charge in [0.1, 0.15) is 5.82 Å². The number of rotatable bonds is 2. The highest BCUT2D eigenvalue weighted by Crippen LogP contribution is 2.31. The molecule has 0 bridgehead atoms. The van der Waals surface area contributed by atoms with Crippen LogP contribution in [0.25, 0.3) is 0 Å². The smallest absolute Gasteiger partial charge is 0.146 e. The third-order valence-corrected chi connectivity index (χ3v) is 4.11. The van der Waals surface area contributed by atoms with Crippen molar-refractivity contribution in [3.05, 3.63) is 29.0 Å². The molecule has 2 saturated heterocycles. The summed E-state index contributed by atoms with van der Waals surface area (Å²) >= 11 is 5.90. The summed E-state index contributed by atoms with van der Waals surface area (Å²) in [6.07, 6.45) is 3.58. The van der Waals surface area contributed by atoms with Crippen molar-refractivity contribution >= 4 is 17.3 Å². The molecule has 2 unspecified atom stereocenters. The molecule has 17 heavy (non-hydrogen) atoms. The molecule has 0 aliphatic carbocycles. The van der Waals surface area contributed by atoms with Gasteiger partial charge in [0.25, 0.3) is 0 Å². The van der Waals surface area contributed by atoms with Gasteiger partial charge in [0.15, 0.2) is 0 Å². The van der Waals surface area contributed by atoms with Gasteiger partial charge in [-0.05, 0) is 44.0 Å². The van der Waals surface area contributed by atoms with Gasteiger partial charge < -0.3 is 5.32 Å². The van der Waals surface area contributed by atoms with Crippen LogP contribution in [0.4, 0.5) is 10.1 Å². The maximum Gasteiger partial charge on any atom is 0.146 e. The fraction of sp³-hybridized carbons (Fsp3) is 0.538. The summed E-state index contributed by atoms with van der Waals surface area (Å²) in [7, 11) is 0. The Kier molecular flexibility index (Phi) is 2.97. The summed E-state index contributed by atoms with van der Waals surface area (Å²) in [5, 5.41) is 3.90. The van der Waals surface area contributed by atoms with E-state index < -0.39 is 0 Å². The van der Waals surface area contributed by atoms with Crippen LogP contribution in [0.5, 0.6) is 0 Å². The van der Waals surface area contributed by atoms with E-state index in [-0.39, 0.29) is 5.82 Å². The molecule has 92 valence electrons. The highest BCUT2D eigenvalue weighted by atomic mass is 35.5. The monoisotopic (exact) mass is 254 g/mol. The van der Waals surface area contributed by atoms with E-state index in [9.17, 15) is 4.39 Å². The number of hydrogen-bond donors (Lipinski definition) is 1. The lowest BCUT2D eigenvalue weighted by Gasteiger charge is -2.22. The summed E-state index contributed by atoms with van der Waals surface area (Å²) < 4.78 is 13.6. The first kappa shape index (κ1) is 11.3. The number of nitrogens with one attached hydrogen (secondary N) is 1. The lowest BCUT2D eigenvalue weighted by Crippen LogP contribution is -2.33. The number of halogens is 2. The van der Waals surface area contributed by atoms with Crippen LogP contribution in [0.3, 0.4) is 0 Å². The van der Waals surface area contributed by atoms with Crippen molar-refractivity contribution in [3.8, 4) is 0 Å². The van der Waals surface area contributed by atoms with Crippen molar-refractivity contribution in [2.45, 2.75) is 31.3 Å². The van der Waals surface area contributed by atoms with Crippen molar-refractivity contribution in [3.63, 3.8) is 0 Å². The average Bonchev–Trinajstić information content (AvgIpc) is 2.88. The number of benzene rings is 1. The molecule has 1 aromatic carbocycles. The molecule has 1 N–H and O–H groups in total. The second-order valence-electron chi connectivity index (χ2n) is 4.91. The Morgan fingerprint density at radius 2 is 2.18 bits per heavy atom. The van der Waals surface area contributed by atoms with Gasteiger partial charge in [0, 0.05) is 23.7 Å². The molecule has 2 aliphatic rings. The minimum absolute atomic E-state index is 0.217. The van der Waals surface area contributed by atoms with Gasteiger partial charge in [-0.25, -0.2) is 4.39 Å². The second-order valence-corrected chi connectivity index (χ2v) is 5.35. The highest BCUT2D eigenvalue weighted by Gasteiger charge is 2.37. The van der Waals surface area contributed by atoms with Crippen LogP contribution in [-0.4, -0.2) is 30.1 Å². The Morgan fingerprint density at radius 3 is 3.06 bits per heavy atom. The minimum atomic E-state index is -0.217. The third kappa shape index (κ3) is 2.14. The molecule has 2 atom stereocenters. The first-order chi connectivity index (χ1) is 8.24. The second kappa shape index (κ2) is 4.46. The van der Waals surface area contributed by atoms with Crippen LogP contribution < -0.4 is 5.32 Å². The van der Waals surface area contributed by atoms with Crippen molar-refractivity contribution in [2.24, 2.45) is 0 Å². The quantitative estimate of drug-likeness (QED) is 0.872. The molecule has 3 rings (SSSR count). The maximum atomic E-state index is 13.6. The minimum Gasteiger partial charge on any atom is -0.378 e. The molecule has 0 amide bonds. The van der Waals surface area contributed by atoms with Crippen molar-refractivity contribution in [1.29, 1.82) is 0 Å². The lowest BCUT2D eigenvalue weighted by atomic mass is 10.1. The molecule has 0 aromatic heterocycles. The van der Waals surface area contributed by atoms with Crippen LogP contribution in [0.2, 0.25) is 5.02 Å². The van der Waals surface area contributed by atoms with Gasteiger partial charge in [-0.1, -0.05) is 11.6 Å². The topological polar surface area (TPSA) is 15.3 Å². The van der Waals surface area contributed by atoms with E-state index in [0.717, 1.165) is 13.0 Å². The average molecular weight is 255 g/mol. The van der Waals surface area contributed by atoms with E-state index in [2.05, 4.69) is 10.2 Å². The van der Waals surface area contributed by atoms with Crippen LogP contribution in [-0.2, 0) is 0 Å². The fourth-order valence-electron chi connectivity index (χ4n) is 3.06. The van der Waals surface area contributed by atoms with Gasteiger partial charge in [0.2, 0.25) is 0 Å². The summed E-state index contributed by atoms with van der Waals surface area (Å²) in [4.78, 5) is 2.50. The van der Waals surface area contributed by atoms with Crippen molar-refractivity contribution in [2.75, 3.05) is 18.4 Å². The van der Waals surface area contributed by atoms with Gasteiger partial charge in [-0.3, -0.25) is 4.90 Å². The summed E-state index contributed by atoms with van der Waals surface area (Å²) in [6.45, 7) is 2.32. The normalized spacial score (nSPS) is 28.4. The number of anilines is 1. The molecule has 0 saturated carbocycles. The Morgan fingerprint density at radius 1 is 1.29 bits per heavy atom. The largest absolute Gasteiger partial charge is 0.378 e. The molecule has 0 spiro atoms. The summed E-state index contributed by atoms with van der Waals surface area (Å²) in [5.74, 6) is -0.217. The molecule has 0 radical (unpaired) electrons. The van der Waals surface area contributed by atoms with Crippen molar-refractivity contribution in [1.82, 2.24) is 4.90 Å². The van der Waals surface area contributed by atoms with Gasteiger partial charge in [-0.2, -0.15) is 0 Å². The zero-order valence-electron chi connectivity index (χ0n) is 9.63. The van der Waals surface area contributed by atoms with E-state index in [1.807, 2.05) is 0 Å². The Hall–Kier alpha value is -0.800. The zero-order valence-corrected chi connectivity index (χ0v) is 10.4. The first-order valence-corrected chi connectivity index (χ1v) is 6.57. The van der Waals surface area contributed by atoms with Crippen LogP contribution in [0.15, 0.2) is 18.2 Å². The molecule has 2 heterocycles. The SMILES string of the molecule is Fc1ccc(Cl)cc1NC1CCN2CCCC12. The fourth-order valence-corrected chi connectivity index (χ4v) is 3.23. The zero-order chi connectivity index (χ0) is 11.8. The first-order valence-electron chi connectivity index (χ1n) is 6.20. The maximum absolute atomic E-state index is 13.6.